The van der Waals surface area contributed by atoms with Crippen molar-refractivity contribution >= 4 is 6.03 Å². The Morgan fingerprint density at radius 3 is 2.94 bits per heavy atom. The van der Waals surface area contributed by atoms with Gasteiger partial charge in [-0.1, -0.05) is 6.07 Å². The minimum absolute atomic E-state index is 0.0831. The second-order valence-corrected chi connectivity index (χ2v) is 3.46. The van der Waals surface area contributed by atoms with Gasteiger partial charge in [0.05, 0.1) is 12.2 Å². The SMILES string of the molecule is Cc1cccc(CNC(=O)NCCCO)n1. The van der Waals surface area contributed by atoms with Crippen LogP contribution in [0.4, 0.5) is 4.79 Å². The highest BCUT2D eigenvalue weighted by molar-refractivity contribution is 5.73. The van der Waals surface area contributed by atoms with E-state index in [0.29, 0.717) is 19.5 Å². The molecule has 0 unspecified atom stereocenters. The van der Waals surface area contributed by atoms with Crippen LogP contribution in [0.3, 0.4) is 0 Å². The van der Waals surface area contributed by atoms with E-state index in [0.717, 1.165) is 11.4 Å². The number of aliphatic hydroxyl groups is 1. The highest BCUT2D eigenvalue weighted by Crippen LogP contribution is 1.96. The molecule has 0 saturated carbocycles. The molecule has 0 saturated heterocycles. The molecule has 0 bridgehead atoms. The first kappa shape index (κ1) is 12.4. The fourth-order valence-electron chi connectivity index (χ4n) is 1.21. The van der Waals surface area contributed by atoms with Crippen molar-refractivity contribution in [3.05, 3.63) is 29.6 Å². The van der Waals surface area contributed by atoms with Gasteiger partial charge >= 0.3 is 6.03 Å². The van der Waals surface area contributed by atoms with Crippen LogP contribution in [0.25, 0.3) is 0 Å². The molecular formula is C11H17N3O2. The van der Waals surface area contributed by atoms with E-state index < -0.39 is 0 Å². The molecule has 0 aliphatic heterocycles. The van der Waals surface area contributed by atoms with Gasteiger partial charge in [0.2, 0.25) is 0 Å². The largest absolute Gasteiger partial charge is 0.396 e. The summed E-state index contributed by atoms with van der Waals surface area (Å²) in [5.41, 5.74) is 1.76. The summed E-state index contributed by atoms with van der Waals surface area (Å²) in [5, 5.41) is 13.9. The number of hydrogen-bond acceptors (Lipinski definition) is 3. The van der Waals surface area contributed by atoms with E-state index in [9.17, 15) is 4.79 Å². The Bertz CT molecular complexity index is 342. The molecule has 5 nitrogen and oxygen atoms in total. The van der Waals surface area contributed by atoms with Crippen molar-refractivity contribution in [2.24, 2.45) is 0 Å². The third-order valence-corrected chi connectivity index (χ3v) is 2.00. The van der Waals surface area contributed by atoms with Crippen LogP contribution in [0, 0.1) is 6.92 Å². The maximum atomic E-state index is 11.2. The zero-order chi connectivity index (χ0) is 11.8. The summed E-state index contributed by atoms with van der Waals surface area (Å²) in [6.07, 6.45) is 0.566. The van der Waals surface area contributed by atoms with Crippen LogP contribution in [0.2, 0.25) is 0 Å². The van der Waals surface area contributed by atoms with Crippen LogP contribution in [-0.4, -0.2) is 29.3 Å². The van der Waals surface area contributed by atoms with E-state index in [2.05, 4.69) is 15.6 Å². The molecule has 16 heavy (non-hydrogen) atoms. The summed E-state index contributed by atoms with van der Waals surface area (Å²) in [7, 11) is 0. The van der Waals surface area contributed by atoms with Crippen LogP contribution in [0.1, 0.15) is 17.8 Å². The van der Waals surface area contributed by atoms with Crippen molar-refractivity contribution in [1.82, 2.24) is 15.6 Å². The Kier molecular flexibility index (Phi) is 5.28. The smallest absolute Gasteiger partial charge is 0.315 e. The highest BCUT2D eigenvalue weighted by Gasteiger charge is 2.00. The fraction of sp³-hybridized carbons (Fsp3) is 0.455. The molecule has 2 amide bonds. The quantitative estimate of drug-likeness (QED) is 0.639. The summed E-state index contributed by atoms with van der Waals surface area (Å²) in [6.45, 7) is 2.88. The molecule has 0 fully saturated rings. The summed E-state index contributed by atoms with van der Waals surface area (Å²) in [5.74, 6) is 0. The Morgan fingerprint density at radius 1 is 1.44 bits per heavy atom. The Balaban J connectivity index is 2.26. The van der Waals surface area contributed by atoms with Crippen LogP contribution in [-0.2, 0) is 6.54 Å². The minimum atomic E-state index is -0.239. The van der Waals surface area contributed by atoms with Gasteiger partial charge < -0.3 is 15.7 Å². The number of amides is 2. The molecule has 0 aliphatic carbocycles. The van der Waals surface area contributed by atoms with E-state index >= 15 is 0 Å². The summed E-state index contributed by atoms with van der Waals surface area (Å²) >= 11 is 0. The predicted octanol–water partition coefficient (Wildman–Crippen LogP) is 0.572. The number of aliphatic hydroxyl groups excluding tert-OH is 1. The van der Waals surface area contributed by atoms with Gasteiger partial charge in [-0.05, 0) is 25.5 Å². The van der Waals surface area contributed by atoms with E-state index in [1.54, 1.807) is 0 Å². The van der Waals surface area contributed by atoms with Gasteiger partial charge in [0.1, 0.15) is 0 Å². The molecule has 88 valence electrons. The number of pyridine rings is 1. The van der Waals surface area contributed by atoms with Gasteiger partial charge in [0, 0.05) is 18.8 Å². The van der Waals surface area contributed by atoms with Crippen molar-refractivity contribution in [3.63, 3.8) is 0 Å². The number of nitrogens with zero attached hydrogens (tertiary/aromatic N) is 1. The maximum Gasteiger partial charge on any atom is 0.315 e. The van der Waals surface area contributed by atoms with Crippen LogP contribution >= 0.6 is 0 Å². The minimum Gasteiger partial charge on any atom is -0.396 e. The number of urea groups is 1. The zero-order valence-corrected chi connectivity index (χ0v) is 9.36. The van der Waals surface area contributed by atoms with Gasteiger partial charge in [-0.25, -0.2) is 4.79 Å². The molecule has 1 aromatic rings. The molecular weight excluding hydrogens is 206 g/mol. The fourth-order valence-corrected chi connectivity index (χ4v) is 1.21. The van der Waals surface area contributed by atoms with Crippen molar-refractivity contribution < 1.29 is 9.90 Å². The number of hydrogen-bond donors (Lipinski definition) is 3. The van der Waals surface area contributed by atoms with Crippen LogP contribution in [0.15, 0.2) is 18.2 Å². The Hall–Kier alpha value is -1.62. The van der Waals surface area contributed by atoms with E-state index in [1.165, 1.54) is 0 Å². The Morgan fingerprint density at radius 2 is 2.25 bits per heavy atom. The molecule has 0 spiro atoms. The second-order valence-electron chi connectivity index (χ2n) is 3.46. The van der Waals surface area contributed by atoms with Crippen LogP contribution < -0.4 is 10.6 Å². The van der Waals surface area contributed by atoms with Crippen LogP contribution in [0.5, 0.6) is 0 Å². The number of aryl methyl sites for hydroxylation is 1. The highest BCUT2D eigenvalue weighted by atomic mass is 16.3. The van der Waals surface area contributed by atoms with Crippen molar-refractivity contribution in [1.29, 1.82) is 0 Å². The zero-order valence-electron chi connectivity index (χ0n) is 9.36. The summed E-state index contributed by atoms with van der Waals surface area (Å²) < 4.78 is 0. The number of carbonyl (C=O) groups is 1. The standard InChI is InChI=1S/C11H17N3O2/c1-9-4-2-5-10(14-9)8-13-11(16)12-6-3-7-15/h2,4-5,15H,3,6-8H2,1H3,(H2,12,13,16). The first-order chi connectivity index (χ1) is 7.72. The Labute approximate surface area is 94.9 Å². The van der Waals surface area contributed by atoms with Crippen molar-refractivity contribution in [3.8, 4) is 0 Å². The first-order valence-corrected chi connectivity index (χ1v) is 5.27. The molecule has 0 aromatic carbocycles. The van der Waals surface area contributed by atoms with Gasteiger partial charge in [0.25, 0.3) is 0 Å². The molecule has 0 radical (unpaired) electrons. The third kappa shape index (κ3) is 4.75. The van der Waals surface area contributed by atoms with E-state index in [1.807, 2.05) is 25.1 Å². The summed E-state index contributed by atoms with van der Waals surface area (Å²) in [4.78, 5) is 15.5. The first-order valence-electron chi connectivity index (χ1n) is 5.27. The number of carbonyl (C=O) groups excluding carboxylic acids is 1. The number of nitrogens with one attached hydrogen (secondary N) is 2. The molecule has 5 heteroatoms. The average Bonchev–Trinajstić information content (AvgIpc) is 2.27. The molecule has 1 rings (SSSR count). The second kappa shape index (κ2) is 6.79. The van der Waals surface area contributed by atoms with E-state index in [-0.39, 0.29) is 12.6 Å². The third-order valence-electron chi connectivity index (χ3n) is 2.00. The normalized spacial score (nSPS) is 9.88. The van der Waals surface area contributed by atoms with Gasteiger partial charge in [0.15, 0.2) is 0 Å². The molecule has 0 aliphatic rings. The lowest BCUT2D eigenvalue weighted by Gasteiger charge is -2.06. The molecule has 1 heterocycles. The van der Waals surface area contributed by atoms with Crippen molar-refractivity contribution in [2.75, 3.05) is 13.2 Å². The lowest BCUT2D eigenvalue weighted by atomic mass is 10.3. The topological polar surface area (TPSA) is 74.2 Å². The van der Waals surface area contributed by atoms with Gasteiger partial charge in [-0.15, -0.1) is 0 Å². The van der Waals surface area contributed by atoms with Gasteiger partial charge in [-0.2, -0.15) is 0 Å². The van der Waals surface area contributed by atoms with Gasteiger partial charge in [-0.3, -0.25) is 4.98 Å². The number of rotatable bonds is 5. The molecule has 1 aromatic heterocycles. The lowest BCUT2D eigenvalue weighted by molar-refractivity contribution is 0.237. The van der Waals surface area contributed by atoms with Crippen molar-refractivity contribution in [2.45, 2.75) is 19.9 Å². The molecule has 3 N–H and O–H groups in total. The number of aromatic nitrogens is 1. The monoisotopic (exact) mass is 223 g/mol. The predicted molar refractivity (Wildman–Crippen MR) is 60.9 cm³/mol. The summed E-state index contributed by atoms with van der Waals surface area (Å²) in [6, 6.07) is 5.44. The van der Waals surface area contributed by atoms with E-state index in [4.69, 9.17) is 5.11 Å². The maximum absolute atomic E-state index is 11.2. The average molecular weight is 223 g/mol. The molecule has 0 atom stereocenters. The lowest BCUT2D eigenvalue weighted by Crippen LogP contribution is -2.36.